The number of carbonyl (C=O) groups is 1. The van der Waals surface area contributed by atoms with Crippen molar-refractivity contribution in [2.75, 3.05) is 0 Å². The Morgan fingerprint density at radius 2 is 2.06 bits per heavy atom. The molecule has 0 N–H and O–H groups in total. The molecule has 0 bridgehead atoms. The van der Waals surface area contributed by atoms with E-state index in [1.807, 2.05) is 44.2 Å². The molecule has 0 saturated heterocycles. The van der Waals surface area contributed by atoms with Crippen LogP contribution in [0.25, 0.3) is 6.08 Å². The molecule has 2 aromatic rings. The van der Waals surface area contributed by atoms with E-state index >= 15 is 0 Å². The van der Waals surface area contributed by atoms with Crippen LogP contribution in [0.2, 0.25) is 5.02 Å². The quantitative estimate of drug-likeness (QED) is 0.575. The molecule has 18 heavy (non-hydrogen) atoms. The fourth-order valence-electron chi connectivity index (χ4n) is 1.75. The molecular weight excluding hydrogens is 264 g/mol. The summed E-state index contributed by atoms with van der Waals surface area (Å²) < 4.78 is 0. The highest BCUT2D eigenvalue weighted by molar-refractivity contribution is 7.12. The summed E-state index contributed by atoms with van der Waals surface area (Å²) in [4.78, 5) is 14.2. The van der Waals surface area contributed by atoms with Gasteiger partial charge in [0, 0.05) is 20.3 Å². The molecular formula is C15H13ClOS. The van der Waals surface area contributed by atoms with Crippen molar-refractivity contribution < 1.29 is 4.79 Å². The monoisotopic (exact) mass is 276 g/mol. The van der Waals surface area contributed by atoms with Gasteiger partial charge in [-0.25, -0.2) is 0 Å². The number of benzene rings is 1. The first kappa shape index (κ1) is 13.1. The number of carbonyl (C=O) groups excluding carboxylic acids is 1. The Hall–Kier alpha value is -1.38. The van der Waals surface area contributed by atoms with Gasteiger partial charge in [-0.05, 0) is 43.7 Å². The predicted octanol–water partition coefficient (Wildman–Crippen LogP) is 4.91. The Bertz CT molecular complexity index is 611. The van der Waals surface area contributed by atoms with E-state index in [1.165, 1.54) is 0 Å². The lowest BCUT2D eigenvalue weighted by Crippen LogP contribution is -1.93. The van der Waals surface area contributed by atoms with Gasteiger partial charge in [-0.1, -0.05) is 29.8 Å². The van der Waals surface area contributed by atoms with Crippen LogP contribution in [-0.2, 0) is 0 Å². The first-order chi connectivity index (χ1) is 8.56. The van der Waals surface area contributed by atoms with Crippen LogP contribution in [0.15, 0.2) is 36.4 Å². The van der Waals surface area contributed by atoms with Gasteiger partial charge in [0.2, 0.25) is 0 Å². The minimum atomic E-state index is 0.0387. The molecule has 0 saturated carbocycles. The van der Waals surface area contributed by atoms with Crippen LogP contribution in [-0.4, -0.2) is 5.78 Å². The average molecular weight is 277 g/mol. The second-order valence-electron chi connectivity index (χ2n) is 4.08. The number of ketones is 1. The molecule has 0 spiro atoms. The number of aryl methyl sites for hydroxylation is 2. The van der Waals surface area contributed by atoms with Gasteiger partial charge in [0.15, 0.2) is 5.78 Å². The maximum Gasteiger partial charge on any atom is 0.186 e. The van der Waals surface area contributed by atoms with Crippen molar-refractivity contribution >= 4 is 34.8 Å². The van der Waals surface area contributed by atoms with E-state index in [1.54, 1.807) is 23.5 Å². The third-order valence-electron chi connectivity index (χ3n) is 2.58. The van der Waals surface area contributed by atoms with Gasteiger partial charge in [-0.2, -0.15) is 0 Å². The minimum Gasteiger partial charge on any atom is -0.289 e. The Kier molecular flexibility index (Phi) is 4.00. The summed E-state index contributed by atoms with van der Waals surface area (Å²) in [6, 6.07) is 9.36. The zero-order valence-corrected chi connectivity index (χ0v) is 11.8. The highest BCUT2D eigenvalue weighted by Crippen LogP contribution is 2.21. The number of rotatable bonds is 3. The summed E-state index contributed by atoms with van der Waals surface area (Å²) in [5.74, 6) is 0.0387. The van der Waals surface area contributed by atoms with Crippen molar-refractivity contribution in [2.24, 2.45) is 0 Å². The van der Waals surface area contributed by atoms with E-state index in [4.69, 9.17) is 11.6 Å². The molecule has 0 radical (unpaired) electrons. The summed E-state index contributed by atoms with van der Waals surface area (Å²) in [5, 5.41) is 0.673. The lowest BCUT2D eigenvalue weighted by molar-refractivity contribution is 0.104. The Morgan fingerprint density at radius 1 is 1.28 bits per heavy atom. The van der Waals surface area contributed by atoms with Gasteiger partial charge < -0.3 is 0 Å². The van der Waals surface area contributed by atoms with Crippen molar-refractivity contribution in [3.8, 4) is 0 Å². The summed E-state index contributed by atoms with van der Waals surface area (Å²) in [6.07, 6.45) is 3.39. The first-order valence-electron chi connectivity index (χ1n) is 5.61. The molecule has 1 nitrogen and oxygen atoms in total. The van der Waals surface area contributed by atoms with Gasteiger partial charge in [0.25, 0.3) is 0 Å². The molecule has 0 amide bonds. The average Bonchev–Trinajstić information content (AvgIpc) is 2.66. The number of thiophene rings is 1. The molecule has 1 heterocycles. The van der Waals surface area contributed by atoms with Crippen molar-refractivity contribution in [3.63, 3.8) is 0 Å². The zero-order chi connectivity index (χ0) is 13.1. The molecule has 0 aliphatic rings. The first-order valence-corrected chi connectivity index (χ1v) is 6.81. The normalized spacial score (nSPS) is 11.1. The molecule has 1 aromatic heterocycles. The maximum atomic E-state index is 12.0. The van der Waals surface area contributed by atoms with E-state index in [9.17, 15) is 4.79 Å². The highest BCUT2D eigenvalue weighted by Gasteiger charge is 2.08. The van der Waals surface area contributed by atoms with Gasteiger partial charge in [-0.15, -0.1) is 11.3 Å². The highest BCUT2D eigenvalue weighted by atomic mass is 35.5. The summed E-state index contributed by atoms with van der Waals surface area (Å²) in [6.45, 7) is 3.98. The smallest absolute Gasteiger partial charge is 0.186 e. The van der Waals surface area contributed by atoms with Crippen molar-refractivity contribution in [1.82, 2.24) is 0 Å². The fraction of sp³-hybridized carbons (Fsp3) is 0.133. The Labute approximate surface area is 116 Å². The summed E-state index contributed by atoms with van der Waals surface area (Å²) in [7, 11) is 0. The number of allylic oxidation sites excluding steroid dienone is 1. The molecule has 92 valence electrons. The van der Waals surface area contributed by atoms with Crippen LogP contribution < -0.4 is 0 Å². The maximum absolute atomic E-state index is 12.0. The minimum absolute atomic E-state index is 0.0387. The van der Waals surface area contributed by atoms with E-state index in [2.05, 4.69) is 0 Å². The zero-order valence-electron chi connectivity index (χ0n) is 10.2. The van der Waals surface area contributed by atoms with E-state index in [0.29, 0.717) is 5.02 Å². The molecule has 2 rings (SSSR count). The van der Waals surface area contributed by atoms with Crippen molar-refractivity contribution in [1.29, 1.82) is 0 Å². The molecule has 3 heteroatoms. The Balaban J connectivity index is 2.19. The van der Waals surface area contributed by atoms with E-state index in [0.717, 1.165) is 20.9 Å². The molecule has 0 unspecified atom stereocenters. The number of hydrogen-bond acceptors (Lipinski definition) is 2. The van der Waals surface area contributed by atoms with Crippen LogP contribution in [0.5, 0.6) is 0 Å². The second-order valence-corrected chi connectivity index (χ2v) is 5.98. The molecule has 0 aliphatic carbocycles. The summed E-state index contributed by atoms with van der Waals surface area (Å²) in [5.41, 5.74) is 1.72. The largest absolute Gasteiger partial charge is 0.289 e. The predicted molar refractivity (Wildman–Crippen MR) is 78.6 cm³/mol. The van der Waals surface area contributed by atoms with Crippen LogP contribution in [0.3, 0.4) is 0 Å². The Morgan fingerprint density at radius 3 is 2.67 bits per heavy atom. The van der Waals surface area contributed by atoms with Gasteiger partial charge in [0.1, 0.15) is 0 Å². The molecule has 1 aromatic carbocycles. The van der Waals surface area contributed by atoms with Crippen LogP contribution >= 0.6 is 22.9 Å². The molecule has 0 fully saturated rings. The molecule has 0 atom stereocenters. The van der Waals surface area contributed by atoms with Crippen LogP contribution in [0, 0.1) is 13.8 Å². The second kappa shape index (κ2) is 5.51. The third-order valence-corrected chi connectivity index (χ3v) is 3.78. The van der Waals surface area contributed by atoms with Gasteiger partial charge in [-0.3, -0.25) is 4.79 Å². The van der Waals surface area contributed by atoms with Crippen molar-refractivity contribution in [2.45, 2.75) is 13.8 Å². The van der Waals surface area contributed by atoms with E-state index in [-0.39, 0.29) is 5.78 Å². The van der Waals surface area contributed by atoms with Gasteiger partial charge >= 0.3 is 0 Å². The standard InChI is InChI=1S/C15H13ClOS/c1-10-8-14(11(2)18-10)15(17)7-6-12-4-3-5-13(16)9-12/h3-9H,1-2H3/b7-6+. The molecule has 0 aliphatic heterocycles. The third kappa shape index (κ3) is 3.09. The van der Waals surface area contributed by atoms with Gasteiger partial charge in [0.05, 0.1) is 0 Å². The fourth-order valence-corrected chi connectivity index (χ4v) is 2.88. The lowest BCUT2D eigenvalue weighted by atomic mass is 10.1. The SMILES string of the molecule is Cc1cc(C(=O)/C=C/c2cccc(Cl)c2)c(C)s1. The topological polar surface area (TPSA) is 17.1 Å². The lowest BCUT2D eigenvalue weighted by Gasteiger charge is -1.95. The van der Waals surface area contributed by atoms with Crippen molar-refractivity contribution in [3.05, 3.63) is 62.3 Å². The summed E-state index contributed by atoms with van der Waals surface area (Å²) >= 11 is 7.53. The van der Waals surface area contributed by atoms with Crippen LogP contribution in [0.4, 0.5) is 0 Å². The number of halogens is 1. The van der Waals surface area contributed by atoms with Crippen LogP contribution in [0.1, 0.15) is 25.7 Å². The number of hydrogen-bond donors (Lipinski definition) is 0. The van der Waals surface area contributed by atoms with E-state index < -0.39 is 0 Å².